The van der Waals surface area contributed by atoms with Crippen LogP contribution in [0.4, 0.5) is 0 Å². The van der Waals surface area contributed by atoms with Gasteiger partial charge in [0.15, 0.2) is 0 Å². The Balaban J connectivity index is 1.24. The second-order valence-electron chi connectivity index (χ2n) is 9.53. The van der Waals surface area contributed by atoms with E-state index in [2.05, 4.69) is 103 Å². The molecule has 6 heteroatoms. The largest absolute Gasteiger partial charge is 0.350 e. The van der Waals surface area contributed by atoms with Gasteiger partial charge in [0.1, 0.15) is 0 Å². The monoisotopic (exact) mass is 638 g/mol. The second kappa shape index (κ2) is 10.4. The molecule has 2 amide bonds. The summed E-state index contributed by atoms with van der Waals surface area (Å²) in [6, 6.07) is 36.8. The third kappa shape index (κ3) is 4.79. The lowest BCUT2D eigenvalue weighted by molar-refractivity contribution is -0.129. The van der Waals surface area contributed by atoms with Crippen molar-refractivity contribution in [2.45, 2.75) is 16.3 Å². The molecule has 0 aliphatic heterocycles. The molecule has 0 radical (unpaired) electrons. The van der Waals surface area contributed by atoms with Crippen molar-refractivity contribution in [2.24, 2.45) is 0 Å². The third-order valence-electron chi connectivity index (χ3n) is 7.19. The van der Waals surface area contributed by atoms with E-state index in [-0.39, 0.29) is 13.1 Å². The number of amides is 2. The highest BCUT2D eigenvalue weighted by atomic mass is 79.9. The van der Waals surface area contributed by atoms with Crippen LogP contribution < -0.4 is 10.6 Å². The lowest BCUT2D eigenvalue weighted by atomic mass is 9.96. The molecule has 0 bridgehead atoms. The maximum atomic E-state index is 13.3. The van der Waals surface area contributed by atoms with Gasteiger partial charge in [-0.15, -0.1) is 0 Å². The van der Waals surface area contributed by atoms with E-state index in [4.69, 9.17) is 0 Å². The number of carbonyl (C=O) groups excluding carboxylic acids is 2. The van der Waals surface area contributed by atoms with Crippen LogP contribution in [0.2, 0.25) is 0 Å². The van der Waals surface area contributed by atoms with Crippen LogP contribution in [0.5, 0.6) is 0 Å². The van der Waals surface area contributed by atoms with Crippen LogP contribution in [-0.4, -0.2) is 15.0 Å². The van der Waals surface area contributed by atoms with E-state index in [0.29, 0.717) is 0 Å². The van der Waals surface area contributed by atoms with Gasteiger partial charge in [-0.25, -0.2) is 0 Å². The van der Waals surface area contributed by atoms with Crippen molar-refractivity contribution in [1.29, 1.82) is 0 Å². The molecule has 0 saturated heterocycles. The summed E-state index contributed by atoms with van der Waals surface area (Å²) in [6.45, 7) is 0.557. The fraction of sp³-hybridized carbons (Fsp3) is 0.0909. The van der Waals surface area contributed by atoms with Crippen molar-refractivity contribution in [3.63, 3.8) is 0 Å². The number of nitrogens with one attached hydrogen (secondary N) is 2. The molecule has 0 saturated carbocycles. The molecule has 0 aliphatic carbocycles. The average Bonchev–Trinajstić information content (AvgIpc) is 2.97. The molecule has 39 heavy (non-hydrogen) atoms. The molecule has 0 aliphatic rings. The smallest absolute Gasteiger partial charge is 0.257 e. The number of hydrogen-bond acceptors (Lipinski definition) is 2. The molecule has 6 rings (SSSR count). The number of halogens is 2. The van der Waals surface area contributed by atoms with Gasteiger partial charge < -0.3 is 10.6 Å². The number of hydrogen-bond donors (Lipinski definition) is 2. The van der Waals surface area contributed by atoms with Crippen LogP contribution >= 0.6 is 31.9 Å². The zero-order valence-electron chi connectivity index (χ0n) is 20.9. The maximum absolute atomic E-state index is 13.3. The van der Waals surface area contributed by atoms with Gasteiger partial charge in [-0.3, -0.25) is 9.59 Å². The fourth-order valence-corrected chi connectivity index (χ4v) is 5.82. The summed E-state index contributed by atoms with van der Waals surface area (Å²) in [5.41, 5.74) is 2.02. The van der Waals surface area contributed by atoms with Gasteiger partial charge in [0.2, 0.25) is 3.23 Å². The van der Waals surface area contributed by atoms with Gasteiger partial charge in [-0.05, 0) is 66.3 Å². The Bertz CT molecular complexity index is 1650. The van der Waals surface area contributed by atoms with E-state index in [1.807, 2.05) is 48.5 Å². The molecule has 0 aromatic heterocycles. The molecular weight excluding hydrogens is 616 g/mol. The minimum atomic E-state index is -1.62. The topological polar surface area (TPSA) is 58.2 Å². The molecule has 2 N–H and O–H groups in total. The first kappa shape index (κ1) is 25.5. The number of fused-ring (bicyclic) bond motifs is 4. The predicted molar refractivity (Wildman–Crippen MR) is 167 cm³/mol. The van der Waals surface area contributed by atoms with Crippen molar-refractivity contribution >= 4 is 86.8 Å². The summed E-state index contributed by atoms with van der Waals surface area (Å²) in [6.07, 6.45) is 0. The van der Waals surface area contributed by atoms with E-state index in [0.717, 1.165) is 54.2 Å². The van der Waals surface area contributed by atoms with Crippen molar-refractivity contribution in [2.75, 3.05) is 0 Å². The first-order valence-electron chi connectivity index (χ1n) is 12.7. The molecule has 0 unspecified atom stereocenters. The first-order valence-corrected chi connectivity index (χ1v) is 14.3. The summed E-state index contributed by atoms with van der Waals surface area (Å²) in [5.74, 6) is -0.945. The number of alkyl halides is 2. The zero-order valence-corrected chi connectivity index (χ0v) is 24.1. The van der Waals surface area contributed by atoms with Crippen LogP contribution in [-0.2, 0) is 22.7 Å². The summed E-state index contributed by atoms with van der Waals surface area (Å²) >= 11 is 6.70. The summed E-state index contributed by atoms with van der Waals surface area (Å²) in [5, 5.41) is 14.6. The van der Waals surface area contributed by atoms with Crippen LogP contribution in [0.15, 0.2) is 109 Å². The van der Waals surface area contributed by atoms with E-state index in [1.165, 1.54) is 0 Å². The van der Waals surface area contributed by atoms with Crippen LogP contribution in [0.1, 0.15) is 11.1 Å². The third-order valence-corrected chi connectivity index (χ3v) is 8.63. The zero-order chi connectivity index (χ0) is 27.0. The molecule has 192 valence electrons. The Kier molecular flexibility index (Phi) is 6.83. The maximum Gasteiger partial charge on any atom is 0.257 e. The highest BCUT2D eigenvalue weighted by Gasteiger charge is 2.40. The van der Waals surface area contributed by atoms with Crippen molar-refractivity contribution < 1.29 is 9.59 Å². The Morgan fingerprint density at radius 3 is 1.10 bits per heavy atom. The van der Waals surface area contributed by atoms with Gasteiger partial charge in [0.25, 0.3) is 11.8 Å². The van der Waals surface area contributed by atoms with E-state index in [1.54, 1.807) is 0 Å². The lowest BCUT2D eigenvalue weighted by Gasteiger charge is -2.21. The molecule has 0 fully saturated rings. The Hall–Kier alpha value is -3.74. The van der Waals surface area contributed by atoms with Gasteiger partial charge >= 0.3 is 0 Å². The normalized spacial score (nSPS) is 11.7. The van der Waals surface area contributed by atoms with Crippen LogP contribution in [0, 0.1) is 0 Å². The quantitative estimate of drug-likeness (QED) is 0.111. The van der Waals surface area contributed by atoms with Gasteiger partial charge in [-0.2, -0.15) is 0 Å². The van der Waals surface area contributed by atoms with Crippen LogP contribution in [0.3, 0.4) is 0 Å². The highest BCUT2D eigenvalue weighted by Crippen LogP contribution is 2.32. The van der Waals surface area contributed by atoms with E-state index in [9.17, 15) is 9.59 Å². The van der Waals surface area contributed by atoms with Crippen LogP contribution in [0.25, 0.3) is 43.1 Å². The molecule has 0 atom stereocenters. The minimum Gasteiger partial charge on any atom is -0.350 e. The minimum absolute atomic E-state index is 0.279. The SMILES string of the molecule is O=C(NCc1c2ccccc2cc2ccccc12)C(Br)(Br)C(=O)NCc1c2ccccc2cc2ccccc12. The number of carbonyl (C=O) groups is 2. The molecule has 4 nitrogen and oxygen atoms in total. The van der Waals surface area contributed by atoms with Gasteiger partial charge in [-0.1, -0.05) is 129 Å². The summed E-state index contributed by atoms with van der Waals surface area (Å²) < 4.78 is -1.62. The Morgan fingerprint density at radius 1 is 0.513 bits per heavy atom. The predicted octanol–water partition coefficient (Wildman–Crippen LogP) is 7.72. The highest BCUT2D eigenvalue weighted by molar-refractivity contribution is 9.26. The van der Waals surface area contributed by atoms with E-state index < -0.39 is 15.0 Å². The van der Waals surface area contributed by atoms with Crippen molar-refractivity contribution in [3.8, 4) is 0 Å². The molecule has 6 aromatic carbocycles. The standard InChI is InChI=1S/C33H24Br2N2O2/c34-33(35,31(38)36-19-29-25-13-5-1-9-21(25)17-22-10-2-6-14-26(22)29)32(39)37-20-30-27-15-7-3-11-23(27)18-24-12-4-8-16-28(24)30/h1-18H,19-20H2,(H,36,38)(H,37,39). The summed E-state index contributed by atoms with van der Waals surface area (Å²) in [4.78, 5) is 26.6. The molecule has 0 spiro atoms. The van der Waals surface area contributed by atoms with Gasteiger partial charge in [0.05, 0.1) is 0 Å². The van der Waals surface area contributed by atoms with Gasteiger partial charge in [0, 0.05) is 13.1 Å². The Morgan fingerprint density at radius 2 is 0.795 bits per heavy atom. The first-order chi connectivity index (χ1) is 18.9. The lowest BCUT2D eigenvalue weighted by Crippen LogP contribution is -2.48. The number of rotatable bonds is 6. The molecular formula is C33H24Br2N2O2. The summed E-state index contributed by atoms with van der Waals surface area (Å²) in [7, 11) is 0. The number of benzene rings is 6. The van der Waals surface area contributed by atoms with E-state index >= 15 is 0 Å². The second-order valence-corrected chi connectivity index (χ2v) is 13.0. The fourth-order valence-electron chi connectivity index (χ4n) is 5.26. The Labute approximate surface area is 242 Å². The average molecular weight is 640 g/mol. The van der Waals surface area contributed by atoms with Crippen molar-refractivity contribution in [1.82, 2.24) is 10.6 Å². The molecule has 0 heterocycles. The van der Waals surface area contributed by atoms with Crippen molar-refractivity contribution in [3.05, 3.63) is 120 Å². The molecule has 6 aromatic rings.